The second-order valence-corrected chi connectivity index (χ2v) is 2.97. The third kappa shape index (κ3) is 2.33. The molecule has 0 aliphatic carbocycles. The van der Waals surface area contributed by atoms with E-state index in [0.29, 0.717) is 12.1 Å². The third-order valence-corrected chi connectivity index (χ3v) is 2.00. The maximum absolute atomic E-state index is 11.3. The largest absolute Gasteiger partial charge is 0.465 e. The lowest BCUT2D eigenvalue weighted by Gasteiger charge is -2.05. The molecule has 1 rings (SSSR count). The predicted molar refractivity (Wildman–Crippen MR) is 53.9 cm³/mol. The first-order valence-corrected chi connectivity index (χ1v) is 4.54. The SMILES string of the molecule is CCc1[c]c(CN)cc(C(=O)OC)c1. The maximum Gasteiger partial charge on any atom is 0.337 e. The summed E-state index contributed by atoms with van der Waals surface area (Å²) in [4.78, 5) is 11.3. The quantitative estimate of drug-likeness (QED) is 0.734. The van der Waals surface area contributed by atoms with Crippen LogP contribution >= 0.6 is 0 Å². The van der Waals surface area contributed by atoms with Crippen molar-refractivity contribution in [3.05, 3.63) is 34.9 Å². The number of nitrogens with two attached hydrogens (primary N) is 1. The van der Waals surface area contributed by atoms with E-state index in [1.807, 2.05) is 6.92 Å². The van der Waals surface area contributed by atoms with Gasteiger partial charge in [0.2, 0.25) is 0 Å². The van der Waals surface area contributed by atoms with Gasteiger partial charge in [0.15, 0.2) is 0 Å². The van der Waals surface area contributed by atoms with Crippen molar-refractivity contribution >= 4 is 5.97 Å². The van der Waals surface area contributed by atoms with Crippen molar-refractivity contribution in [1.29, 1.82) is 0 Å². The monoisotopic (exact) mass is 192 g/mol. The Balaban J connectivity index is 3.10. The van der Waals surface area contributed by atoms with Crippen LogP contribution in [-0.4, -0.2) is 13.1 Å². The van der Waals surface area contributed by atoms with Crippen LogP contribution in [0.15, 0.2) is 12.1 Å². The van der Waals surface area contributed by atoms with Crippen LogP contribution in [0.5, 0.6) is 0 Å². The number of methoxy groups -OCH3 is 1. The van der Waals surface area contributed by atoms with E-state index in [2.05, 4.69) is 10.8 Å². The van der Waals surface area contributed by atoms with Crippen molar-refractivity contribution in [2.45, 2.75) is 19.9 Å². The third-order valence-electron chi connectivity index (χ3n) is 2.00. The molecule has 0 atom stereocenters. The number of ether oxygens (including phenoxy) is 1. The second kappa shape index (κ2) is 4.77. The summed E-state index contributed by atoms with van der Waals surface area (Å²) in [5.74, 6) is -0.330. The molecule has 0 fully saturated rings. The molecule has 14 heavy (non-hydrogen) atoms. The van der Waals surface area contributed by atoms with E-state index in [4.69, 9.17) is 5.73 Å². The van der Waals surface area contributed by atoms with E-state index in [-0.39, 0.29) is 5.97 Å². The van der Waals surface area contributed by atoms with E-state index in [0.717, 1.165) is 17.5 Å². The first-order chi connectivity index (χ1) is 6.71. The van der Waals surface area contributed by atoms with Crippen LogP contribution in [0.4, 0.5) is 0 Å². The van der Waals surface area contributed by atoms with Crippen molar-refractivity contribution in [3.63, 3.8) is 0 Å². The van der Waals surface area contributed by atoms with Gasteiger partial charge >= 0.3 is 5.97 Å². The van der Waals surface area contributed by atoms with Gasteiger partial charge in [-0.1, -0.05) is 6.92 Å². The first-order valence-electron chi connectivity index (χ1n) is 4.54. The van der Waals surface area contributed by atoms with Gasteiger partial charge in [0.25, 0.3) is 0 Å². The van der Waals surface area contributed by atoms with Crippen LogP contribution in [0.1, 0.15) is 28.4 Å². The topological polar surface area (TPSA) is 52.3 Å². The molecule has 0 saturated heterocycles. The van der Waals surface area contributed by atoms with E-state index >= 15 is 0 Å². The lowest BCUT2D eigenvalue weighted by atomic mass is 10.0. The van der Waals surface area contributed by atoms with Gasteiger partial charge in [-0.2, -0.15) is 0 Å². The van der Waals surface area contributed by atoms with Crippen LogP contribution in [0.2, 0.25) is 0 Å². The van der Waals surface area contributed by atoms with Gasteiger partial charge in [-0.05, 0) is 35.7 Å². The fraction of sp³-hybridized carbons (Fsp3) is 0.364. The molecule has 0 spiro atoms. The van der Waals surface area contributed by atoms with Crippen LogP contribution in [0, 0.1) is 6.07 Å². The number of hydrogen-bond donors (Lipinski definition) is 1. The fourth-order valence-electron chi connectivity index (χ4n) is 1.23. The number of hydrogen-bond acceptors (Lipinski definition) is 3. The Labute approximate surface area is 83.9 Å². The lowest BCUT2D eigenvalue weighted by molar-refractivity contribution is 0.0600. The normalized spacial score (nSPS) is 9.93. The average Bonchev–Trinajstić information content (AvgIpc) is 2.27. The fourth-order valence-corrected chi connectivity index (χ4v) is 1.23. The van der Waals surface area contributed by atoms with E-state index < -0.39 is 0 Å². The zero-order valence-corrected chi connectivity index (χ0v) is 8.46. The van der Waals surface area contributed by atoms with Crippen molar-refractivity contribution in [2.75, 3.05) is 7.11 Å². The Bertz CT molecular complexity index is 312. The first kappa shape index (κ1) is 10.7. The molecule has 3 heteroatoms. The molecule has 0 saturated carbocycles. The Hall–Kier alpha value is -1.35. The van der Waals surface area contributed by atoms with Gasteiger partial charge in [-0.15, -0.1) is 0 Å². The molecule has 2 N–H and O–H groups in total. The van der Waals surface area contributed by atoms with E-state index in [1.54, 1.807) is 12.1 Å². The highest BCUT2D eigenvalue weighted by Gasteiger charge is 2.07. The van der Waals surface area contributed by atoms with Crippen LogP contribution < -0.4 is 5.73 Å². The summed E-state index contributed by atoms with van der Waals surface area (Å²) < 4.78 is 4.64. The molecule has 1 aromatic carbocycles. The smallest absolute Gasteiger partial charge is 0.337 e. The Morgan fingerprint density at radius 1 is 1.50 bits per heavy atom. The van der Waals surface area contributed by atoms with Gasteiger partial charge in [0.1, 0.15) is 0 Å². The molecule has 3 nitrogen and oxygen atoms in total. The Morgan fingerprint density at radius 2 is 2.14 bits per heavy atom. The Kier molecular flexibility index (Phi) is 3.65. The zero-order chi connectivity index (χ0) is 10.6. The van der Waals surface area contributed by atoms with Crippen molar-refractivity contribution < 1.29 is 9.53 Å². The molecule has 0 amide bonds. The highest BCUT2D eigenvalue weighted by Crippen LogP contribution is 2.11. The van der Waals surface area contributed by atoms with Gasteiger partial charge < -0.3 is 10.5 Å². The van der Waals surface area contributed by atoms with Gasteiger partial charge in [-0.25, -0.2) is 4.79 Å². The van der Waals surface area contributed by atoms with E-state index in [9.17, 15) is 4.79 Å². The summed E-state index contributed by atoms with van der Waals surface area (Å²) in [7, 11) is 1.37. The summed E-state index contributed by atoms with van der Waals surface area (Å²) in [5.41, 5.74) is 7.86. The van der Waals surface area contributed by atoms with Crippen LogP contribution in [0.3, 0.4) is 0 Å². The maximum atomic E-state index is 11.3. The lowest BCUT2D eigenvalue weighted by Crippen LogP contribution is -2.05. The molecule has 0 heterocycles. The van der Waals surface area contributed by atoms with Gasteiger partial charge in [-0.3, -0.25) is 0 Å². The molecule has 0 aromatic heterocycles. The molecule has 0 aliphatic heterocycles. The van der Waals surface area contributed by atoms with Crippen LogP contribution in [-0.2, 0) is 17.7 Å². The minimum Gasteiger partial charge on any atom is -0.465 e. The average molecular weight is 192 g/mol. The number of esters is 1. The molecule has 1 aromatic rings. The van der Waals surface area contributed by atoms with E-state index in [1.165, 1.54) is 7.11 Å². The molecule has 0 bridgehead atoms. The number of rotatable bonds is 3. The van der Waals surface area contributed by atoms with Crippen molar-refractivity contribution in [1.82, 2.24) is 0 Å². The standard InChI is InChI=1S/C11H14NO2/c1-3-8-4-9(7-12)6-10(5-8)11(13)14-2/h5-6H,3,7,12H2,1-2H3. The summed E-state index contributed by atoms with van der Waals surface area (Å²) in [6.45, 7) is 2.39. The number of carbonyl (C=O) groups is 1. The van der Waals surface area contributed by atoms with Crippen molar-refractivity contribution in [2.24, 2.45) is 5.73 Å². The van der Waals surface area contributed by atoms with Gasteiger partial charge in [0.05, 0.1) is 12.7 Å². The molecule has 0 aliphatic rings. The molecule has 0 unspecified atom stereocenters. The zero-order valence-electron chi connectivity index (χ0n) is 8.46. The number of benzene rings is 1. The second-order valence-electron chi connectivity index (χ2n) is 2.97. The molecule has 1 radical (unpaired) electrons. The minimum atomic E-state index is -0.330. The highest BCUT2D eigenvalue weighted by molar-refractivity contribution is 5.89. The summed E-state index contributed by atoms with van der Waals surface area (Å²) >= 11 is 0. The number of aryl methyl sites for hydroxylation is 1. The predicted octanol–water partition coefficient (Wildman–Crippen LogP) is 1.29. The summed E-state index contributed by atoms with van der Waals surface area (Å²) in [6.07, 6.45) is 0.831. The molecular formula is C11H14NO2. The summed E-state index contributed by atoms with van der Waals surface area (Å²) in [5, 5.41) is 0. The highest BCUT2D eigenvalue weighted by atomic mass is 16.5. The minimum absolute atomic E-state index is 0.330. The number of carbonyl (C=O) groups excluding carboxylic acids is 1. The summed E-state index contributed by atoms with van der Waals surface area (Å²) in [6, 6.07) is 6.63. The molecular weight excluding hydrogens is 178 g/mol. The van der Waals surface area contributed by atoms with Gasteiger partial charge in [0, 0.05) is 6.54 Å². The van der Waals surface area contributed by atoms with Crippen molar-refractivity contribution in [3.8, 4) is 0 Å². The van der Waals surface area contributed by atoms with Crippen LogP contribution in [0.25, 0.3) is 0 Å². The Morgan fingerprint density at radius 3 is 2.64 bits per heavy atom. The molecule has 75 valence electrons.